The highest BCUT2D eigenvalue weighted by Gasteiger charge is 2.20. The van der Waals surface area contributed by atoms with Crippen LogP contribution in [-0.2, 0) is 27.9 Å². The molecule has 0 saturated carbocycles. The van der Waals surface area contributed by atoms with E-state index in [9.17, 15) is 14.3 Å². The largest absolute Gasteiger partial charge is 0.756 e. The SMILES string of the molecule is CCCCCC/C=C\C/C=C\CCCCCCCCCCOCC(COP(=O)([O-])OCC[N+](C)(C)C)OC(=O)CCCCC. The number of hydrogen-bond donors (Lipinski definition) is 0. The summed E-state index contributed by atoms with van der Waals surface area (Å²) in [6, 6.07) is 0. The van der Waals surface area contributed by atoms with Crippen LogP contribution in [0.25, 0.3) is 0 Å². The van der Waals surface area contributed by atoms with Crippen LogP contribution in [0.1, 0.15) is 136 Å². The highest BCUT2D eigenvalue weighted by Crippen LogP contribution is 2.38. The Kier molecular flexibility index (Phi) is 28.7. The van der Waals surface area contributed by atoms with Gasteiger partial charge in [-0.1, -0.05) is 109 Å². The zero-order valence-electron chi connectivity index (χ0n) is 29.1. The van der Waals surface area contributed by atoms with E-state index < -0.39 is 13.9 Å². The van der Waals surface area contributed by atoms with Gasteiger partial charge in [0.1, 0.15) is 19.3 Å². The third-order valence-corrected chi connectivity index (χ3v) is 8.22. The number of carbonyl (C=O) groups excluding carboxylic acids is 1. The Morgan fingerprint density at radius 2 is 1.25 bits per heavy atom. The molecular formula is C35H68NO7P. The lowest BCUT2D eigenvalue weighted by molar-refractivity contribution is -0.870. The number of carbonyl (C=O) groups is 1. The van der Waals surface area contributed by atoms with Crippen molar-refractivity contribution in [3.05, 3.63) is 24.3 Å². The van der Waals surface area contributed by atoms with Crippen LogP contribution in [0, 0.1) is 0 Å². The van der Waals surface area contributed by atoms with E-state index in [1.165, 1.54) is 77.0 Å². The van der Waals surface area contributed by atoms with Crippen molar-refractivity contribution in [2.75, 3.05) is 54.1 Å². The van der Waals surface area contributed by atoms with Crippen LogP contribution in [-0.4, -0.2) is 70.7 Å². The van der Waals surface area contributed by atoms with Gasteiger partial charge in [-0.3, -0.25) is 9.36 Å². The smallest absolute Gasteiger partial charge is 0.306 e. The van der Waals surface area contributed by atoms with Crippen LogP contribution < -0.4 is 4.89 Å². The van der Waals surface area contributed by atoms with E-state index in [-0.39, 0.29) is 25.8 Å². The molecule has 0 N–H and O–H groups in total. The normalized spacial score (nSPS) is 14.4. The van der Waals surface area contributed by atoms with Gasteiger partial charge < -0.3 is 27.9 Å². The third-order valence-electron chi connectivity index (χ3n) is 7.26. The second-order valence-corrected chi connectivity index (χ2v) is 14.3. The number of unbranched alkanes of at least 4 members (excludes halogenated alkanes) is 14. The minimum atomic E-state index is -4.50. The Morgan fingerprint density at radius 1 is 0.705 bits per heavy atom. The summed E-state index contributed by atoms with van der Waals surface area (Å²) in [4.78, 5) is 24.4. The Labute approximate surface area is 271 Å². The quantitative estimate of drug-likeness (QED) is 0.0238. The summed E-state index contributed by atoms with van der Waals surface area (Å²) in [6.07, 6.45) is 29.8. The van der Waals surface area contributed by atoms with Gasteiger partial charge in [-0.15, -0.1) is 0 Å². The van der Waals surface area contributed by atoms with E-state index in [2.05, 4.69) is 38.2 Å². The molecule has 0 aliphatic rings. The number of hydrogen-bond acceptors (Lipinski definition) is 7. The van der Waals surface area contributed by atoms with Gasteiger partial charge in [0.15, 0.2) is 0 Å². The molecule has 0 aromatic rings. The standard InChI is InChI=1S/C35H68NO7P/c1-6-8-10-11-12-13-14-15-16-17-18-19-20-21-22-23-24-25-27-30-40-32-34(43-35(37)28-26-9-7-2)33-42-44(38,39)41-31-29-36(3,4)5/h13-14,16-17,34H,6-12,15,18-33H2,1-5H3/b14-13-,17-16-. The zero-order chi connectivity index (χ0) is 32.8. The molecule has 0 aliphatic carbocycles. The number of nitrogens with zero attached hydrogens (tertiary/aromatic N) is 1. The zero-order valence-corrected chi connectivity index (χ0v) is 30.0. The Balaban J connectivity index is 4.01. The first-order chi connectivity index (χ1) is 21.1. The molecule has 0 aliphatic heterocycles. The average Bonchev–Trinajstić information content (AvgIpc) is 2.96. The number of quaternary nitrogens is 1. The van der Waals surface area contributed by atoms with Gasteiger partial charge in [-0.05, 0) is 44.9 Å². The highest BCUT2D eigenvalue weighted by atomic mass is 31.2. The summed E-state index contributed by atoms with van der Waals surface area (Å²) >= 11 is 0. The third kappa shape index (κ3) is 32.4. The molecule has 0 aromatic heterocycles. The monoisotopic (exact) mass is 645 g/mol. The number of phosphoric ester groups is 1. The minimum Gasteiger partial charge on any atom is -0.756 e. The van der Waals surface area contributed by atoms with Crippen LogP contribution in [0.5, 0.6) is 0 Å². The summed E-state index contributed by atoms with van der Waals surface area (Å²) < 4.78 is 34.0. The maximum atomic E-state index is 12.2. The lowest BCUT2D eigenvalue weighted by Crippen LogP contribution is -2.37. The van der Waals surface area contributed by atoms with Crippen molar-refractivity contribution in [3.8, 4) is 0 Å². The molecule has 0 heterocycles. The second-order valence-electron chi connectivity index (χ2n) is 12.9. The first kappa shape index (κ1) is 43.0. The van der Waals surface area contributed by atoms with Crippen LogP contribution >= 0.6 is 7.82 Å². The van der Waals surface area contributed by atoms with Gasteiger partial charge in [0.25, 0.3) is 7.82 Å². The van der Waals surface area contributed by atoms with Crippen molar-refractivity contribution in [2.45, 2.75) is 142 Å². The maximum Gasteiger partial charge on any atom is 0.306 e. The summed E-state index contributed by atoms with van der Waals surface area (Å²) in [6.45, 7) is 5.19. The van der Waals surface area contributed by atoms with Gasteiger partial charge in [-0.25, -0.2) is 0 Å². The molecule has 2 atom stereocenters. The van der Waals surface area contributed by atoms with E-state index in [0.29, 0.717) is 24.1 Å². The number of phosphoric acid groups is 1. The summed E-state index contributed by atoms with van der Waals surface area (Å²) in [5.74, 6) is -0.362. The predicted molar refractivity (Wildman–Crippen MR) is 180 cm³/mol. The molecule has 8 nitrogen and oxygen atoms in total. The predicted octanol–water partition coefficient (Wildman–Crippen LogP) is 8.69. The molecule has 0 spiro atoms. The Morgan fingerprint density at radius 3 is 1.84 bits per heavy atom. The molecule has 0 aromatic carbocycles. The summed E-state index contributed by atoms with van der Waals surface area (Å²) in [5.41, 5.74) is 0. The first-order valence-corrected chi connectivity index (χ1v) is 19.0. The second kappa shape index (κ2) is 29.4. The molecule has 0 rings (SSSR count). The van der Waals surface area contributed by atoms with Crippen molar-refractivity contribution in [1.29, 1.82) is 0 Å². The Bertz CT molecular complexity index is 767. The van der Waals surface area contributed by atoms with Crippen LogP contribution in [0.15, 0.2) is 24.3 Å². The van der Waals surface area contributed by atoms with Crippen LogP contribution in [0.3, 0.4) is 0 Å². The molecule has 0 bridgehead atoms. The van der Waals surface area contributed by atoms with Crippen LogP contribution in [0.2, 0.25) is 0 Å². The highest BCUT2D eigenvalue weighted by molar-refractivity contribution is 7.45. The molecule has 0 radical (unpaired) electrons. The average molecular weight is 646 g/mol. The van der Waals surface area contributed by atoms with Gasteiger partial charge in [0.05, 0.1) is 34.4 Å². The van der Waals surface area contributed by atoms with E-state index in [1.54, 1.807) is 0 Å². The maximum absolute atomic E-state index is 12.2. The van der Waals surface area contributed by atoms with Crippen molar-refractivity contribution in [2.24, 2.45) is 0 Å². The fraction of sp³-hybridized carbons (Fsp3) is 0.857. The van der Waals surface area contributed by atoms with Crippen molar-refractivity contribution < 1.29 is 37.3 Å². The first-order valence-electron chi connectivity index (χ1n) is 17.6. The van der Waals surface area contributed by atoms with Gasteiger partial charge >= 0.3 is 5.97 Å². The Hall–Kier alpha value is -1.02. The fourth-order valence-electron chi connectivity index (χ4n) is 4.46. The number of ether oxygens (including phenoxy) is 2. The van der Waals surface area contributed by atoms with Crippen molar-refractivity contribution in [3.63, 3.8) is 0 Å². The summed E-state index contributed by atoms with van der Waals surface area (Å²) in [5, 5.41) is 0. The lowest BCUT2D eigenvalue weighted by atomic mass is 10.1. The van der Waals surface area contributed by atoms with Crippen LogP contribution in [0.4, 0.5) is 0 Å². The molecule has 9 heteroatoms. The van der Waals surface area contributed by atoms with Gasteiger partial charge in [0, 0.05) is 13.0 Å². The topological polar surface area (TPSA) is 94.1 Å². The number of allylic oxidation sites excluding steroid dienone is 4. The molecule has 0 fully saturated rings. The number of likely N-dealkylation sites (N-methyl/N-ethyl adjacent to an activating group) is 1. The molecule has 2 unspecified atom stereocenters. The molecular weight excluding hydrogens is 577 g/mol. The van der Waals surface area contributed by atoms with Crippen molar-refractivity contribution in [1.82, 2.24) is 0 Å². The lowest BCUT2D eigenvalue weighted by Gasteiger charge is -2.28. The van der Waals surface area contributed by atoms with E-state index in [1.807, 2.05) is 21.1 Å². The molecule has 0 amide bonds. The van der Waals surface area contributed by atoms with Gasteiger partial charge in [-0.2, -0.15) is 0 Å². The molecule has 0 saturated heterocycles. The molecule has 260 valence electrons. The van der Waals surface area contributed by atoms with E-state index in [4.69, 9.17) is 18.5 Å². The van der Waals surface area contributed by atoms with E-state index in [0.717, 1.165) is 38.5 Å². The number of esters is 1. The summed E-state index contributed by atoms with van der Waals surface area (Å²) in [7, 11) is 1.35. The van der Waals surface area contributed by atoms with E-state index >= 15 is 0 Å². The fourth-order valence-corrected chi connectivity index (χ4v) is 5.18. The number of rotatable bonds is 32. The minimum absolute atomic E-state index is 0.0248. The molecule has 44 heavy (non-hydrogen) atoms. The van der Waals surface area contributed by atoms with Gasteiger partial charge in [0.2, 0.25) is 0 Å². The van der Waals surface area contributed by atoms with Crippen molar-refractivity contribution >= 4 is 13.8 Å².